The molecule has 2 fully saturated rings. The van der Waals surface area contributed by atoms with Crippen molar-refractivity contribution in [2.75, 3.05) is 18.4 Å². The van der Waals surface area contributed by atoms with Crippen LogP contribution in [-0.4, -0.2) is 39.8 Å². The molecule has 3 heterocycles. The fraction of sp³-hybridized carbons (Fsp3) is 0.444. The van der Waals surface area contributed by atoms with E-state index in [0.717, 1.165) is 43.6 Å². The molecule has 7 heteroatoms. The third-order valence-electron chi connectivity index (χ3n) is 4.69. The van der Waals surface area contributed by atoms with Crippen LogP contribution in [0, 0.1) is 11.8 Å². The van der Waals surface area contributed by atoms with Gasteiger partial charge in [0.05, 0.1) is 11.6 Å². The van der Waals surface area contributed by atoms with Gasteiger partial charge in [-0.05, 0) is 37.8 Å². The predicted octanol–water partition coefficient (Wildman–Crippen LogP) is 2.79. The number of thiazole rings is 1. The number of rotatable bonds is 4. The van der Waals surface area contributed by atoms with Crippen molar-refractivity contribution < 1.29 is 9.59 Å². The molecular formula is C18H20N4O2S. The van der Waals surface area contributed by atoms with Crippen LogP contribution < -0.4 is 5.32 Å². The lowest BCUT2D eigenvalue weighted by atomic mass is 9.97. The first-order chi connectivity index (χ1) is 12.2. The second kappa shape index (κ2) is 6.92. The minimum atomic E-state index is -0.154. The molecule has 25 heavy (non-hydrogen) atoms. The Hall–Kier alpha value is -2.28. The minimum absolute atomic E-state index is 0.0461. The predicted molar refractivity (Wildman–Crippen MR) is 96.0 cm³/mol. The second-order valence-electron chi connectivity index (χ2n) is 6.64. The summed E-state index contributed by atoms with van der Waals surface area (Å²) in [6.45, 7) is 1.31. The molecule has 2 aromatic heterocycles. The average molecular weight is 356 g/mol. The highest BCUT2D eigenvalue weighted by Crippen LogP contribution is 2.33. The highest BCUT2D eigenvalue weighted by atomic mass is 32.1. The molecule has 2 aliphatic rings. The third kappa shape index (κ3) is 3.71. The van der Waals surface area contributed by atoms with E-state index in [4.69, 9.17) is 0 Å². The highest BCUT2D eigenvalue weighted by Gasteiger charge is 2.36. The zero-order valence-electron chi connectivity index (χ0n) is 13.9. The van der Waals surface area contributed by atoms with E-state index in [9.17, 15) is 9.59 Å². The Morgan fingerprint density at radius 2 is 2.04 bits per heavy atom. The SMILES string of the molecule is O=C(Nc1nc(-c2ccccn2)cs1)C1CCCN(C(=O)C2CC2)C1. The number of piperidine rings is 1. The number of pyridine rings is 1. The lowest BCUT2D eigenvalue weighted by Gasteiger charge is -2.32. The molecule has 6 nitrogen and oxygen atoms in total. The first-order valence-corrected chi connectivity index (χ1v) is 9.55. The van der Waals surface area contributed by atoms with Crippen molar-refractivity contribution in [1.29, 1.82) is 0 Å². The van der Waals surface area contributed by atoms with E-state index < -0.39 is 0 Å². The van der Waals surface area contributed by atoms with E-state index >= 15 is 0 Å². The number of carbonyl (C=O) groups is 2. The van der Waals surface area contributed by atoms with Crippen molar-refractivity contribution >= 4 is 28.3 Å². The fourth-order valence-electron chi connectivity index (χ4n) is 3.15. The topological polar surface area (TPSA) is 75.2 Å². The van der Waals surface area contributed by atoms with E-state index in [1.54, 1.807) is 6.20 Å². The van der Waals surface area contributed by atoms with Gasteiger partial charge in [0.15, 0.2) is 5.13 Å². The lowest BCUT2D eigenvalue weighted by Crippen LogP contribution is -2.44. The summed E-state index contributed by atoms with van der Waals surface area (Å²) in [5.74, 6) is 0.236. The largest absolute Gasteiger partial charge is 0.342 e. The van der Waals surface area contributed by atoms with Crippen LogP contribution in [0.15, 0.2) is 29.8 Å². The van der Waals surface area contributed by atoms with E-state index in [1.807, 2.05) is 28.5 Å². The average Bonchev–Trinajstić information content (AvgIpc) is 3.41. The molecular weight excluding hydrogens is 336 g/mol. The van der Waals surface area contributed by atoms with Gasteiger partial charge in [0.2, 0.25) is 11.8 Å². The highest BCUT2D eigenvalue weighted by molar-refractivity contribution is 7.14. The molecule has 4 rings (SSSR count). The summed E-state index contributed by atoms with van der Waals surface area (Å²) in [6.07, 6.45) is 5.43. The van der Waals surface area contributed by atoms with Gasteiger partial charge in [-0.3, -0.25) is 14.6 Å². The standard InChI is InChI=1S/C18H20N4O2S/c23-16(13-4-3-9-22(10-13)17(24)12-6-7-12)21-18-20-15(11-25-18)14-5-1-2-8-19-14/h1-2,5,8,11-13H,3-4,6-7,9-10H2,(H,20,21,23). The van der Waals surface area contributed by atoms with Crippen LogP contribution in [0.25, 0.3) is 11.4 Å². The number of hydrogen-bond donors (Lipinski definition) is 1. The molecule has 130 valence electrons. The quantitative estimate of drug-likeness (QED) is 0.914. The van der Waals surface area contributed by atoms with Crippen molar-refractivity contribution in [3.8, 4) is 11.4 Å². The van der Waals surface area contributed by atoms with Crippen molar-refractivity contribution in [2.24, 2.45) is 11.8 Å². The zero-order valence-corrected chi connectivity index (χ0v) is 14.7. The number of likely N-dealkylation sites (tertiary alicyclic amines) is 1. The Morgan fingerprint density at radius 3 is 2.80 bits per heavy atom. The molecule has 1 saturated carbocycles. The molecule has 0 bridgehead atoms. The van der Waals surface area contributed by atoms with Gasteiger partial charge in [0.25, 0.3) is 0 Å². The summed E-state index contributed by atoms with van der Waals surface area (Å²) < 4.78 is 0. The minimum Gasteiger partial charge on any atom is -0.342 e. The Labute approximate surface area is 150 Å². The monoisotopic (exact) mass is 356 g/mol. The number of anilines is 1. The Morgan fingerprint density at radius 1 is 1.16 bits per heavy atom. The van der Waals surface area contributed by atoms with Gasteiger partial charge in [-0.25, -0.2) is 4.98 Å². The Kier molecular flexibility index (Phi) is 4.48. The summed E-state index contributed by atoms with van der Waals surface area (Å²) in [4.78, 5) is 35.4. The van der Waals surface area contributed by atoms with E-state index in [2.05, 4.69) is 15.3 Å². The molecule has 1 N–H and O–H groups in total. The maximum absolute atomic E-state index is 12.6. The zero-order chi connectivity index (χ0) is 17.2. The van der Waals surface area contributed by atoms with Gasteiger partial charge in [0.1, 0.15) is 5.69 Å². The summed E-state index contributed by atoms with van der Waals surface area (Å²) in [5.41, 5.74) is 1.55. The van der Waals surface area contributed by atoms with Crippen LogP contribution in [0.3, 0.4) is 0 Å². The first-order valence-electron chi connectivity index (χ1n) is 8.67. The van der Waals surface area contributed by atoms with Crippen LogP contribution in [-0.2, 0) is 9.59 Å². The Bertz CT molecular complexity index is 772. The van der Waals surface area contributed by atoms with Gasteiger partial charge >= 0.3 is 0 Å². The molecule has 1 saturated heterocycles. The van der Waals surface area contributed by atoms with Gasteiger partial charge < -0.3 is 10.2 Å². The number of carbonyl (C=O) groups excluding carboxylic acids is 2. The molecule has 0 spiro atoms. The normalized spacial score (nSPS) is 20.3. The molecule has 2 aromatic rings. The number of amides is 2. The van der Waals surface area contributed by atoms with Gasteiger partial charge in [-0.1, -0.05) is 6.07 Å². The van der Waals surface area contributed by atoms with Crippen molar-refractivity contribution in [3.05, 3.63) is 29.8 Å². The van der Waals surface area contributed by atoms with E-state index in [1.165, 1.54) is 11.3 Å². The molecule has 1 atom stereocenters. The molecule has 2 amide bonds. The van der Waals surface area contributed by atoms with Crippen LogP contribution in [0.2, 0.25) is 0 Å². The second-order valence-corrected chi connectivity index (χ2v) is 7.50. The summed E-state index contributed by atoms with van der Waals surface area (Å²) in [5, 5.41) is 5.38. The van der Waals surface area contributed by atoms with Crippen molar-refractivity contribution in [2.45, 2.75) is 25.7 Å². The number of nitrogens with one attached hydrogen (secondary N) is 1. The summed E-state index contributed by atoms with van der Waals surface area (Å²) in [7, 11) is 0. The third-order valence-corrected chi connectivity index (χ3v) is 5.45. The van der Waals surface area contributed by atoms with Gasteiger partial charge in [-0.15, -0.1) is 11.3 Å². The maximum Gasteiger partial charge on any atom is 0.231 e. The smallest absolute Gasteiger partial charge is 0.231 e. The van der Waals surface area contributed by atoms with Crippen molar-refractivity contribution in [1.82, 2.24) is 14.9 Å². The van der Waals surface area contributed by atoms with E-state index in [-0.39, 0.29) is 23.7 Å². The summed E-state index contributed by atoms with van der Waals surface area (Å²) in [6, 6.07) is 5.66. The molecule has 0 aromatic carbocycles. The fourth-order valence-corrected chi connectivity index (χ4v) is 3.86. The number of aromatic nitrogens is 2. The Balaban J connectivity index is 1.38. The molecule has 1 aliphatic heterocycles. The van der Waals surface area contributed by atoms with Gasteiger partial charge in [0, 0.05) is 30.6 Å². The van der Waals surface area contributed by atoms with E-state index in [0.29, 0.717) is 11.7 Å². The first kappa shape index (κ1) is 16.2. The number of nitrogens with zero attached hydrogens (tertiary/aromatic N) is 3. The molecule has 1 unspecified atom stereocenters. The summed E-state index contributed by atoms with van der Waals surface area (Å²) >= 11 is 1.40. The van der Waals surface area contributed by atoms with Crippen LogP contribution in [0.1, 0.15) is 25.7 Å². The van der Waals surface area contributed by atoms with Gasteiger partial charge in [-0.2, -0.15) is 0 Å². The van der Waals surface area contributed by atoms with Crippen LogP contribution in [0.4, 0.5) is 5.13 Å². The molecule has 0 radical (unpaired) electrons. The van der Waals surface area contributed by atoms with Crippen LogP contribution in [0.5, 0.6) is 0 Å². The van der Waals surface area contributed by atoms with Crippen molar-refractivity contribution in [3.63, 3.8) is 0 Å². The lowest BCUT2D eigenvalue weighted by molar-refractivity contribution is -0.135. The number of hydrogen-bond acceptors (Lipinski definition) is 5. The maximum atomic E-state index is 12.6. The molecule has 1 aliphatic carbocycles. The van der Waals surface area contributed by atoms with Crippen LogP contribution >= 0.6 is 11.3 Å².